The summed E-state index contributed by atoms with van der Waals surface area (Å²) in [7, 11) is 1.63. The molecule has 1 aliphatic carbocycles. The largest absolute Gasteiger partial charge is 0.495 e. The molecule has 128 valence electrons. The number of nitrogens with one attached hydrogen (secondary N) is 1. The summed E-state index contributed by atoms with van der Waals surface area (Å²) in [5.41, 5.74) is 1.69. The molecule has 3 aromatic heterocycles. The van der Waals surface area contributed by atoms with Crippen LogP contribution in [0.3, 0.4) is 0 Å². The fraction of sp³-hybridized carbons (Fsp3) is 0.375. The summed E-state index contributed by atoms with van der Waals surface area (Å²) in [6.45, 7) is 2.37. The summed E-state index contributed by atoms with van der Waals surface area (Å²) in [5, 5.41) is 13.9. The van der Waals surface area contributed by atoms with Crippen molar-refractivity contribution in [2.45, 2.75) is 19.3 Å². The van der Waals surface area contributed by atoms with Gasteiger partial charge in [-0.2, -0.15) is 10.2 Å². The summed E-state index contributed by atoms with van der Waals surface area (Å²) in [6, 6.07) is 3.93. The molecule has 0 spiro atoms. The summed E-state index contributed by atoms with van der Waals surface area (Å²) < 4.78 is 11.1. The van der Waals surface area contributed by atoms with Crippen LogP contribution in [0.25, 0.3) is 11.4 Å². The van der Waals surface area contributed by atoms with Crippen LogP contribution in [-0.4, -0.2) is 49.3 Å². The van der Waals surface area contributed by atoms with Gasteiger partial charge in [0.2, 0.25) is 11.7 Å². The quantitative estimate of drug-likeness (QED) is 0.720. The highest BCUT2D eigenvalue weighted by atomic mass is 16.5. The van der Waals surface area contributed by atoms with E-state index in [4.69, 9.17) is 9.47 Å². The van der Waals surface area contributed by atoms with Gasteiger partial charge in [0, 0.05) is 23.7 Å². The Labute approximate surface area is 143 Å². The van der Waals surface area contributed by atoms with E-state index in [9.17, 15) is 0 Å². The second kappa shape index (κ2) is 6.42. The van der Waals surface area contributed by atoms with Crippen LogP contribution < -0.4 is 9.47 Å². The number of nitrogens with zero attached hydrogens (tertiary/aromatic N) is 6. The predicted octanol–water partition coefficient (Wildman–Crippen LogP) is 1.55. The van der Waals surface area contributed by atoms with Crippen LogP contribution >= 0.6 is 0 Å². The number of H-pyrrole nitrogens is 1. The first-order valence-corrected chi connectivity index (χ1v) is 7.95. The molecular formula is C16H17N7O2. The van der Waals surface area contributed by atoms with Gasteiger partial charge in [-0.3, -0.25) is 4.98 Å². The molecule has 0 aromatic carbocycles. The monoisotopic (exact) mass is 339 g/mol. The summed E-state index contributed by atoms with van der Waals surface area (Å²) in [4.78, 5) is 13.0. The van der Waals surface area contributed by atoms with Gasteiger partial charge in [0.05, 0.1) is 19.9 Å². The maximum absolute atomic E-state index is 5.94. The number of ether oxygens (including phenoxy) is 2. The molecule has 1 saturated carbocycles. The average molecular weight is 339 g/mol. The zero-order chi connectivity index (χ0) is 17.2. The topological polar surface area (TPSA) is 112 Å². The molecule has 0 aliphatic heterocycles. The van der Waals surface area contributed by atoms with E-state index in [2.05, 4.69) is 35.6 Å². The van der Waals surface area contributed by atoms with Crippen LogP contribution in [0.1, 0.15) is 23.9 Å². The number of tetrazole rings is 1. The Hall–Kier alpha value is -3.10. The van der Waals surface area contributed by atoms with Crippen LogP contribution in [0.5, 0.6) is 11.6 Å². The molecule has 25 heavy (non-hydrogen) atoms. The van der Waals surface area contributed by atoms with Crippen LogP contribution in [0.4, 0.5) is 0 Å². The van der Waals surface area contributed by atoms with Gasteiger partial charge in [-0.1, -0.05) is 0 Å². The lowest BCUT2D eigenvalue weighted by Gasteiger charge is -2.08. The number of hydrogen-bond donors (Lipinski definition) is 1. The molecule has 1 N–H and O–H groups in total. The van der Waals surface area contributed by atoms with E-state index in [0.29, 0.717) is 41.5 Å². The number of methoxy groups -OCH3 is 1. The van der Waals surface area contributed by atoms with Crippen LogP contribution in [0.15, 0.2) is 24.5 Å². The molecule has 4 rings (SSSR count). The van der Waals surface area contributed by atoms with Crippen LogP contribution in [0.2, 0.25) is 0 Å². The third-order valence-electron chi connectivity index (χ3n) is 4.19. The highest BCUT2D eigenvalue weighted by Crippen LogP contribution is 2.47. The van der Waals surface area contributed by atoms with Gasteiger partial charge in [-0.25, -0.2) is 4.98 Å². The number of aromatic amines is 1. The third-order valence-corrected chi connectivity index (χ3v) is 4.19. The lowest BCUT2D eigenvalue weighted by Crippen LogP contribution is -2.06. The Morgan fingerprint density at radius 2 is 2.16 bits per heavy atom. The number of hydrogen-bond acceptors (Lipinski definition) is 8. The highest BCUT2D eigenvalue weighted by Gasteiger charge is 2.40. The molecule has 2 atom stereocenters. The molecule has 3 aromatic rings. The van der Waals surface area contributed by atoms with Gasteiger partial charge in [0.15, 0.2) is 0 Å². The fourth-order valence-corrected chi connectivity index (χ4v) is 2.70. The molecular weight excluding hydrogens is 322 g/mol. The first-order valence-electron chi connectivity index (χ1n) is 7.95. The Bertz CT molecular complexity index is 851. The Morgan fingerprint density at radius 3 is 2.88 bits per heavy atom. The summed E-state index contributed by atoms with van der Waals surface area (Å²) in [6.07, 6.45) is 4.44. The predicted molar refractivity (Wildman–Crippen MR) is 87.1 cm³/mol. The van der Waals surface area contributed by atoms with Crippen molar-refractivity contribution in [3.63, 3.8) is 0 Å². The van der Waals surface area contributed by atoms with E-state index in [-0.39, 0.29) is 0 Å². The number of rotatable bonds is 6. The molecule has 0 radical (unpaired) electrons. The third kappa shape index (κ3) is 3.25. The number of aromatic nitrogens is 7. The molecule has 0 bridgehead atoms. The number of aryl methyl sites for hydroxylation is 1. The second-order valence-electron chi connectivity index (χ2n) is 5.91. The maximum Gasteiger partial charge on any atom is 0.228 e. The lowest BCUT2D eigenvalue weighted by molar-refractivity contribution is 0.285. The van der Waals surface area contributed by atoms with Crippen molar-refractivity contribution in [1.82, 2.24) is 35.6 Å². The van der Waals surface area contributed by atoms with Crippen molar-refractivity contribution in [3.8, 4) is 23.0 Å². The van der Waals surface area contributed by atoms with Gasteiger partial charge in [0.1, 0.15) is 17.1 Å². The lowest BCUT2D eigenvalue weighted by atomic mass is 10.2. The molecule has 9 heteroatoms. The van der Waals surface area contributed by atoms with E-state index < -0.39 is 0 Å². The van der Waals surface area contributed by atoms with E-state index >= 15 is 0 Å². The van der Waals surface area contributed by atoms with Crippen molar-refractivity contribution in [3.05, 3.63) is 36.0 Å². The van der Waals surface area contributed by atoms with E-state index in [1.807, 2.05) is 19.1 Å². The van der Waals surface area contributed by atoms with Gasteiger partial charge in [-0.15, -0.1) is 10.2 Å². The zero-order valence-electron chi connectivity index (χ0n) is 13.9. The molecule has 0 saturated heterocycles. The second-order valence-corrected chi connectivity index (χ2v) is 5.91. The van der Waals surface area contributed by atoms with Crippen molar-refractivity contribution < 1.29 is 9.47 Å². The summed E-state index contributed by atoms with van der Waals surface area (Å²) >= 11 is 0. The van der Waals surface area contributed by atoms with E-state index in [0.717, 1.165) is 17.9 Å². The Balaban J connectivity index is 1.43. The number of pyridine rings is 1. The molecule has 1 aliphatic rings. The minimum Gasteiger partial charge on any atom is -0.495 e. The minimum absolute atomic E-state index is 0.405. The first-order chi connectivity index (χ1) is 12.2. The van der Waals surface area contributed by atoms with Crippen molar-refractivity contribution in [1.29, 1.82) is 0 Å². The SMILES string of the molecule is COc1ccc([C@@H]2C[C@H]2COc2nc(C)ncc2-c2nn[nH]n2)nc1. The Kier molecular flexibility index (Phi) is 3.96. The zero-order valence-corrected chi connectivity index (χ0v) is 13.9. The molecule has 1 fully saturated rings. The highest BCUT2D eigenvalue weighted by molar-refractivity contribution is 5.59. The van der Waals surface area contributed by atoms with Crippen LogP contribution in [-0.2, 0) is 0 Å². The maximum atomic E-state index is 5.94. The van der Waals surface area contributed by atoms with Gasteiger partial charge >= 0.3 is 0 Å². The van der Waals surface area contributed by atoms with Gasteiger partial charge in [-0.05, 0) is 30.7 Å². The van der Waals surface area contributed by atoms with Crippen LogP contribution in [0, 0.1) is 12.8 Å². The van der Waals surface area contributed by atoms with E-state index in [1.54, 1.807) is 19.5 Å². The average Bonchev–Trinajstić information content (AvgIpc) is 3.21. The molecule has 0 amide bonds. The first kappa shape index (κ1) is 15.4. The standard InChI is InChI=1S/C16H17N7O2/c1-9-17-7-13(15-20-22-23-21-15)16(19-9)25-8-10-5-12(10)14-4-3-11(24-2)6-18-14/h3-4,6-7,10,12H,5,8H2,1-2H3,(H,20,21,22,23)/t10-,12+/m0/s1. The fourth-order valence-electron chi connectivity index (χ4n) is 2.70. The van der Waals surface area contributed by atoms with Crippen molar-refractivity contribution in [2.75, 3.05) is 13.7 Å². The smallest absolute Gasteiger partial charge is 0.228 e. The van der Waals surface area contributed by atoms with Gasteiger partial charge < -0.3 is 9.47 Å². The van der Waals surface area contributed by atoms with E-state index in [1.165, 1.54) is 0 Å². The van der Waals surface area contributed by atoms with Crippen molar-refractivity contribution >= 4 is 0 Å². The molecule has 0 unspecified atom stereocenters. The van der Waals surface area contributed by atoms with Gasteiger partial charge in [0.25, 0.3) is 0 Å². The van der Waals surface area contributed by atoms with Crippen molar-refractivity contribution in [2.24, 2.45) is 5.92 Å². The normalized spacial score (nSPS) is 18.8. The Morgan fingerprint density at radius 1 is 1.24 bits per heavy atom. The molecule has 9 nitrogen and oxygen atoms in total. The minimum atomic E-state index is 0.405. The summed E-state index contributed by atoms with van der Waals surface area (Å²) in [5.74, 6) is 3.10. The molecule has 3 heterocycles.